The topological polar surface area (TPSA) is 26.7 Å². The van der Waals surface area contributed by atoms with Gasteiger partial charge in [-0.2, -0.15) is 0 Å². The lowest BCUT2D eigenvalue weighted by Crippen LogP contribution is -2.56. The third-order valence-electron chi connectivity index (χ3n) is 4.37. The van der Waals surface area contributed by atoms with E-state index in [-0.39, 0.29) is 6.61 Å². The minimum absolute atomic E-state index is 0.0875. The predicted octanol–water partition coefficient (Wildman–Crippen LogP) is 2.86. The normalized spacial score (nSPS) is 17.4. The van der Waals surface area contributed by atoms with Crippen LogP contribution in [-0.4, -0.2) is 43.2 Å². The molecule has 1 saturated carbocycles. The van der Waals surface area contributed by atoms with Crippen LogP contribution >= 0.6 is 15.9 Å². The summed E-state index contributed by atoms with van der Waals surface area (Å²) in [6.45, 7) is 1.13. The van der Waals surface area contributed by atoms with E-state index in [1.54, 1.807) is 0 Å². The molecule has 0 aliphatic heterocycles. The summed E-state index contributed by atoms with van der Waals surface area (Å²) in [6.07, 6.45) is 3.88. The van der Waals surface area contributed by atoms with Crippen molar-refractivity contribution in [2.75, 3.05) is 32.6 Å². The van der Waals surface area contributed by atoms with Gasteiger partial charge >= 0.3 is 0 Å². The zero-order valence-corrected chi connectivity index (χ0v) is 13.6. The average Bonchev–Trinajstić information content (AvgIpc) is 2.32. The molecule has 0 unspecified atom stereocenters. The smallest absolute Gasteiger partial charge is 0.0682 e. The minimum atomic E-state index is 0.0875. The molecule has 0 aromatic heterocycles. The van der Waals surface area contributed by atoms with Gasteiger partial charge in [-0.15, -0.1) is 0 Å². The van der Waals surface area contributed by atoms with E-state index in [0.717, 1.165) is 16.6 Å². The van der Waals surface area contributed by atoms with Crippen molar-refractivity contribution in [3.8, 4) is 0 Å². The van der Waals surface area contributed by atoms with Crippen LogP contribution in [0, 0.1) is 0 Å². The lowest BCUT2D eigenvalue weighted by Gasteiger charge is -2.49. The Labute approximate surface area is 124 Å². The Kier molecular flexibility index (Phi) is 4.54. The van der Waals surface area contributed by atoms with Crippen LogP contribution in [0.1, 0.15) is 24.8 Å². The number of nitrogens with zero attached hydrogens (tertiary/aromatic N) is 2. The molecule has 0 spiro atoms. The van der Waals surface area contributed by atoms with Crippen molar-refractivity contribution >= 4 is 21.6 Å². The van der Waals surface area contributed by atoms with E-state index in [1.165, 1.54) is 24.9 Å². The van der Waals surface area contributed by atoms with Crippen LogP contribution in [0.2, 0.25) is 0 Å². The molecule has 1 aromatic carbocycles. The van der Waals surface area contributed by atoms with E-state index in [0.29, 0.717) is 5.54 Å². The van der Waals surface area contributed by atoms with E-state index in [4.69, 9.17) is 5.11 Å². The Balaban J connectivity index is 2.13. The molecule has 1 aromatic rings. The maximum atomic E-state index is 9.16. The van der Waals surface area contributed by atoms with Gasteiger partial charge < -0.3 is 14.9 Å². The zero-order valence-electron chi connectivity index (χ0n) is 12.0. The standard InChI is InChI=1S/C15H23BrN2O/c1-17(2)15(7-4-8-15)11-18(3)14-6-5-12(10-19)9-13(14)16/h5-6,9,19H,4,7-8,10-11H2,1-3H3. The summed E-state index contributed by atoms with van der Waals surface area (Å²) in [4.78, 5) is 4.67. The number of halogens is 1. The predicted molar refractivity (Wildman–Crippen MR) is 83.6 cm³/mol. The van der Waals surface area contributed by atoms with Gasteiger partial charge in [0.2, 0.25) is 0 Å². The molecule has 0 atom stereocenters. The number of likely N-dealkylation sites (N-methyl/N-ethyl adjacent to an activating group) is 2. The van der Waals surface area contributed by atoms with Crippen LogP contribution in [0.3, 0.4) is 0 Å². The summed E-state index contributed by atoms with van der Waals surface area (Å²) in [5, 5.41) is 9.16. The number of benzene rings is 1. The van der Waals surface area contributed by atoms with Crippen molar-refractivity contribution in [3.05, 3.63) is 28.2 Å². The molecule has 0 amide bonds. The largest absolute Gasteiger partial charge is 0.392 e. The average molecular weight is 327 g/mol. The van der Waals surface area contributed by atoms with Crippen LogP contribution in [0.5, 0.6) is 0 Å². The van der Waals surface area contributed by atoms with Crippen molar-refractivity contribution in [1.29, 1.82) is 0 Å². The molecule has 0 saturated heterocycles. The second-order valence-electron chi connectivity index (χ2n) is 5.77. The fourth-order valence-corrected chi connectivity index (χ4v) is 3.55. The fraction of sp³-hybridized carbons (Fsp3) is 0.600. The van der Waals surface area contributed by atoms with E-state index < -0.39 is 0 Å². The molecular formula is C15H23BrN2O. The first-order chi connectivity index (χ1) is 8.98. The Morgan fingerprint density at radius 3 is 2.37 bits per heavy atom. The van der Waals surface area contributed by atoms with Gasteiger partial charge in [0.15, 0.2) is 0 Å². The fourth-order valence-electron chi connectivity index (χ4n) is 2.82. The second kappa shape index (κ2) is 5.81. The van der Waals surface area contributed by atoms with E-state index in [2.05, 4.69) is 52.9 Å². The van der Waals surface area contributed by atoms with Crippen molar-refractivity contribution in [3.63, 3.8) is 0 Å². The SMILES string of the molecule is CN(CC1(N(C)C)CCC1)c1ccc(CO)cc1Br. The van der Waals surface area contributed by atoms with Gasteiger partial charge in [-0.25, -0.2) is 0 Å². The third-order valence-corrected chi connectivity index (χ3v) is 5.01. The lowest BCUT2D eigenvalue weighted by molar-refractivity contribution is 0.0683. The second-order valence-corrected chi connectivity index (χ2v) is 6.63. The van der Waals surface area contributed by atoms with Crippen molar-refractivity contribution in [1.82, 2.24) is 4.90 Å². The van der Waals surface area contributed by atoms with Crippen LogP contribution < -0.4 is 4.90 Å². The van der Waals surface area contributed by atoms with Gasteiger partial charge in [0.25, 0.3) is 0 Å². The molecule has 2 rings (SSSR count). The highest BCUT2D eigenvalue weighted by molar-refractivity contribution is 9.10. The van der Waals surface area contributed by atoms with E-state index >= 15 is 0 Å². The Morgan fingerprint density at radius 1 is 1.26 bits per heavy atom. The summed E-state index contributed by atoms with van der Waals surface area (Å²) >= 11 is 3.61. The minimum Gasteiger partial charge on any atom is -0.392 e. The monoisotopic (exact) mass is 326 g/mol. The van der Waals surface area contributed by atoms with Crippen LogP contribution in [0.15, 0.2) is 22.7 Å². The van der Waals surface area contributed by atoms with Crippen LogP contribution in [0.4, 0.5) is 5.69 Å². The number of hydrogen-bond donors (Lipinski definition) is 1. The van der Waals surface area contributed by atoms with Gasteiger partial charge in [-0.1, -0.05) is 6.07 Å². The molecule has 19 heavy (non-hydrogen) atoms. The number of anilines is 1. The molecule has 4 heteroatoms. The summed E-state index contributed by atoms with van der Waals surface area (Å²) in [5.74, 6) is 0. The van der Waals surface area contributed by atoms with Crippen LogP contribution in [-0.2, 0) is 6.61 Å². The highest BCUT2D eigenvalue weighted by atomic mass is 79.9. The van der Waals surface area contributed by atoms with Crippen molar-refractivity contribution in [2.24, 2.45) is 0 Å². The maximum Gasteiger partial charge on any atom is 0.0682 e. The molecule has 0 bridgehead atoms. The summed E-state index contributed by atoms with van der Waals surface area (Å²) < 4.78 is 1.05. The van der Waals surface area contributed by atoms with Crippen molar-refractivity contribution in [2.45, 2.75) is 31.4 Å². The van der Waals surface area contributed by atoms with Crippen LogP contribution in [0.25, 0.3) is 0 Å². The zero-order chi connectivity index (χ0) is 14.0. The molecule has 0 heterocycles. The number of rotatable bonds is 5. The molecule has 1 fully saturated rings. The lowest BCUT2D eigenvalue weighted by atomic mass is 9.75. The van der Waals surface area contributed by atoms with Gasteiger partial charge in [0.1, 0.15) is 0 Å². The van der Waals surface area contributed by atoms with Gasteiger partial charge in [-0.3, -0.25) is 0 Å². The molecule has 1 N–H and O–H groups in total. The molecule has 3 nitrogen and oxygen atoms in total. The first-order valence-corrected chi connectivity index (χ1v) is 7.56. The Hall–Kier alpha value is -0.580. The third kappa shape index (κ3) is 2.96. The Bertz CT molecular complexity index is 444. The van der Waals surface area contributed by atoms with Crippen molar-refractivity contribution < 1.29 is 5.11 Å². The highest BCUT2D eigenvalue weighted by Gasteiger charge is 2.40. The number of aliphatic hydroxyl groups is 1. The molecule has 0 radical (unpaired) electrons. The first kappa shape index (κ1) is 14.8. The van der Waals surface area contributed by atoms with Gasteiger partial charge in [0.05, 0.1) is 12.3 Å². The molecule has 106 valence electrons. The number of hydrogen-bond acceptors (Lipinski definition) is 3. The first-order valence-electron chi connectivity index (χ1n) is 6.76. The van der Waals surface area contributed by atoms with Gasteiger partial charge in [-0.05, 0) is 67.0 Å². The quantitative estimate of drug-likeness (QED) is 0.901. The Morgan fingerprint density at radius 2 is 1.95 bits per heavy atom. The summed E-state index contributed by atoms with van der Waals surface area (Å²) in [6, 6.07) is 6.06. The molecule has 1 aliphatic rings. The highest BCUT2D eigenvalue weighted by Crippen LogP contribution is 2.38. The number of aliphatic hydroxyl groups excluding tert-OH is 1. The van der Waals surface area contributed by atoms with Gasteiger partial charge in [0, 0.05) is 23.6 Å². The van der Waals surface area contributed by atoms with E-state index in [9.17, 15) is 0 Å². The molecular weight excluding hydrogens is 304 g/mol. The summed E-state index contributed by atoms with van der Waals surface area (Å²) in [5.41, 5.74) is 2.45. The maximum absolute atomic E-state index is 9.16. The van der Waals surface area contributed by atoms with E-state index in [1.807, 2.05) is 12.1 Å². The molecule has 1 aliphatic carbocycles. The summed E-state index contributed by atoms with van der Waals surface area (Å²) in [7, 11) is 6.50.